The molecule has 0 bridgehead atoms. The summed E-state index contributed by atoms with van der Waals surface area (Å²) in [7, 11) is 0. The lowest BCUT2D eigenvalue weighted by atomic mass is 10.2. The topological polar surface area (TPSA) is 59.1 Å². The number of aliphatic hydroxyl groups excluding tert-OH is 1. The van der Waals surface area contributed by atoms with Crippen LogP contribution in [0.25, 0.3) is 0 Å². The van der Waals surface area contributed by atoms with Gasteiger partial charge in [-0.05, 0) is 18.1 Å². The highest BCUT2D eigenvalue weighted by Gasteiger charge is 1.88. The summed E-state index contributed by atoms with van der Waals surface area (Å²) in [5, 5.41) is 8.47. The van der Waals surface area contributed by atoms with E-state index in [-0.39, 0.29) is 6.61 Å². The Morgan fingerprint density at radius 2 is 2.14 bits per heavy atom. The van der Waals surface area contributed by atoms with E-state index < -0.39 is 0 Å². The first-order chi connectivity index (χ1) is 6.86. The summed E-state index contributed by atoms with van der Waals surface area (Å²) >= 11 is 0. The van der Waals surface area contributed by atoms with Gasteiger partial charge in [-0.1, -0.05) is 17.8 Å². The van der Waals surface area contributed by atoms with Crippen molar-refractivity contribution >= 4 is 0 Å². The predicted molar refractivity (Wildman–Crippen MR) is 54.1 cm³/mol. The van der Waals surface area contributed by atoms with Gasteiger partial charge in [-0.2, -0.15) is 0 Å². The third-order valence-corrected chi connectivity index (χ3v) is 1.39. The number of nitrogens with zero attached hydrogens (tertiary/aromatic N) is 1. The highest BCUT2D eigenvalue weighted by Crippen LogP contribution is 1.96. The zero-order chi connectivity index (χ0) is 10.2. The molecule has 3 nitrogen and oxygen atoms in total. The lowest BCUT2D eigenvalue weighted by molar-refractivity contribution is 0.350. The van der Waals surface area contributed by atoms with E-state index >= 15 is 0 Å². The zero-order valence-electron chi connectivity index (χ0n) is 7.62. The van der Waals surface area contributed by atoms with Gasteiger partial charge < -0.3 is 10.8 Å². The van der Waals surface area contributed by atoms with Crippen molar-refractivity contribution in [3.05, 3.63) is 29.6 Å². The van der Waals surface area contributed by atoms with Crippen molar-refractivity contribution in [2.45, 2.75) is 0 Å². The molecule has 1 rings (SSSR count). The maximum Gasteiger partial charge on any atom is 0.113 e. The molecule has 0 fully saturated rings. The first-order valence-electron chi connectivity index (χ1n) is 4.11. The zero-order valence-corrected chi connectivity index (χ0v) is 7.62. The number of rotatable bonds is 0. The number of aromatic nitrogens is 1. The molecule has 0 unspecified atom stereocenters. The van der Waals surface area contributed by atoms with Gasteiger partial charge in [0.15, 0.2) is 0 Å². The van der Waals surface area contributed by atoms with Gasteiger partial charge in [0, 0.05) is 11.8 Å². The van der Waals surface area contributed by atoms with Crippen LogP contribution in [0.1, 0.15) is 11.3 Å². The summed E-state index contributed by atoms with van der Waals surface area (Å²) in [6, 6.07) is 3.57. The second-order valence-electron chi connectivity index (χ2n) is 2.40. The second-order valence-corrected chi connectivity index (χ2v) is 2.40. The van der Waals surface area contributed by atoms with Crippen LogP contribution in [0.15, 0.2) is 18.3 Å². The van der Waals surface area contributed by atoms with Crippen LogP contribution in [0.5, 0.6) is 0 Å². The SMILES string of the molecule is NCC#Cc1ccc(C#CCO)cn1. The van der Waals surface area contributed by atoms with Crippen molar-refractivity contribution in [2.24, 2.45) is 5.73 Å². The summed E-state index contributed by atoms with van der Waals surface area (Å²) in [5.74, 6) is 10.8. The van der Waals surface area contributed by atoms with Crippen LogP contribution in [-0.4, -0.2) is 23.2 Å². The Kier molecular flexibility index (Phi) is 4.23. The molecule has 1 aromatic heterocycles. The molecule has 0 radical (unpaired) electrons. The summed E-state index contributed by atoms with van der Waals surface area (Å²) in [6.45, 7) is 0.183. The minimum absolute atomic E-state index is 0.144. The molecule has 0 saturated heterocycles. The minimum atomic E-state index is -0.144. The van der Waals surface area contributed by atoms with Crippen LogP contribution in [0.3, 0.4) is 0 Å². The molecule has 0 spiro atoms. The molecule has 0 aliphatic heterocycles. The average Bonchev–Trinajstić information content (AvgIpc) is 2.25. The predicted octanol–water partition coefficient (Wildman–Crippen LogP) is -0.264. The average molecular weight is 186 g/mol. The number of aliphatic hydroxyl groups is 1. The smallest absolute Gasteiger partial charge is 0.113 e. The van der Waals surface area contributed by atoms with Crippen molar-refractivity contribution in [3.63, 3.8) is 0 Å². The molecule has 0 aliphatic carbocycles. The van der Waals surface area contributed by atoms with Gasteiger partial charge >= 0.3 is 0 Å². The van der Waals surface area contributed by atoms with Crippen LogP contribution >= 0.6 is 0 Å². The Balaban J connectivity index is 2.78. The molecule has 1 aromatic rings. The number of pyridine rings is 1. The summed E-state index contributed by atoms with van der Waals surface area (Å²) in [4.78, 5) is 4.06. The first kappa shape index (κ1) is 10.3. The molecule has 0 saturated carbocycles. The van der Waals surface area contributed by atoms with E-state index in [1.165, 1.54) is 0 Å². The highest BCUT2D eigenvalue weighted by atomic mass is 16.2. The fraction of sp³-hybridized carbons (Fsp3) is 0.182. The fourth-order valence-electron chi connectivity index (χ4n) is 0.825. The lowest BCUT2D eigenvalue weighted by Crippen LogP contribution is -1.93. The van der Waals surface area contributed by atoms with Gasteiger partial charge in [0.2, 0.25) is 0 Å². The van der Waals surface area contributed by atoms with E-state index in [0.717, 1.165) is 5.56 Å². The Morgan fingerprint density at radius 1 is 1.29 bits per heavy atom. The maximum absolute atomic E-state index is 8.47. The summed E-state index contributed by atoms with van der Waals surface area (Å²) < 4.78 is 0. The Bertz CT molecular complexity index is 360. The molecule has 70 valence electrons. The van der Waals surface area contributed by atoms with Gasteiger partial charge in [-0.25, -0.2) is 4.98 Å². The third-order valence-electron chi connectivity index (χ3n) is 1.39. The van der Waals surface area contributed by atoms with Crippen LogP contribution in [0.2, 0.25) is 0 Å². The van der Waals surface area contributed by atoms with Gasteiger partial charge in [-0.3, -0.25) is 0 Å². The highest BCUT2D eigenvalue weighted by molar-refractivity contribution is 5.36. The van der Waals surface area contributed by atoms with Gasteiger partial charge in [0.25, 0.3) is 0 Å². The van der Waals surface area contributed by atoms with E-state index in [0.29, 0.717) is 12.2 Å². The van der Waals surface area contributed by atoms with E-state index in [1.807, 2.05) is 0 Å². The minimum Gasteiger partial charge on any atom is -0.384 e. The van der Waals surface area contributed by atoms with Crippen molar-refractivity contribution in [1.82, 2.24) is 4.98 Å². The summed E-state index contributed by atoms with van der Waals surface area (Å²) in [6.07, 6.45) is 1.61. The molecule has 14 heavy (non-hydrogen) atoms. The standard InChI is InChI=1S/C11H10N2O/c12-7-1-4-11-6-5-10(9-13-11)3-2-8-14/h5-6,9,14H,7-8,12H2. The maximum atomic E-state index is 8.47. The molecule has 0 aliphatic rings. The molecular weight excluding hydrogens is 176 g/mol. The third kappa shape index (κ3) is 3.28. The second kappa shape index (κ2) is 5.77. The number of nitrogens with two attached hydrogens (primary N) is 1. The van der Waals surface area contributed by atoms with Crippen molar-refractivity contribution < 1.29 is 5.11 Å². The Morgan fingerprint density at radius 3 is 2.71 bits per heavy atom. The van der Waals surface area contributed by atoms with Gasteiger partial charge in [0.05, 0.1) is 6.54 Å². The summed E-state index contributed by atoms with van der Waals surface area (Å²) in [5.41, 5.74) is 6.65. The molecule has 3 N–H and O–H groups in total. The molecule has 3 heteroatoms. The van der Waals surface area contributed by atoms with Crippen molar-refractivity contribution in [1.29, 1.82) is 0 Å². The van der Waals surface area contributed by atoms with Crippen LogP contribution < -0.4 is 5.73 Å². The quantitative estimate of drug-likeness (QED) is 0.549. The molecule has 1 heterocycles. The van der Waals surface area contributed by atoms with E-state index in [9.17, 15) is 0 Å². The number of hydrogen-bond donors (Lipinski definition) is 2. The van der Waals surface area contributed by atoms with Gasteiger partial charge in [-0.15, -0.1) is 0 Å². The fourth-order valence-corrected chi connectivity index (χ4v) is 0.825. The molecular formula is C11H10N2O. The monoisotopic (exact) mass is 186 g/mol. The van der Waals surface area contributed by atoms with E-state index in [1.54, 1.807) is 18.3 Å². The van der Waals surface area contributed by atoms with E-state index in [4.69, 9.17) is 10.8 Å². The van der Waals surface area contributed by atoms with Crippen LogP contribution in [-0.2, 0) is 0 Å². The van der Waals surface area contributed by atoms with Gasteiger partial charge in [0.1, 0.15) is 12.3 Å². The molecule has 0 aromatic carbocycles. The van der Waals surface area contributed by atoms with Crippen LogP contribution in [0.4, 0.5) is 0 Å². The van der Waals surface area contributed by atoms with E-state index in [2.05, 4.69) is 28.7 Å². The van der Waals surface area contributed by atoms with Crippen molar-refractivity contribution in [3.8, 4) is 23.7 Å². The number of hydrogen-bond acceptors (Lipinski definition) is 3. The molecule has 0 amide bonds. The molecule has 0 atom stereocenters. The van der Waals surface area contributed by atoms with Crippen molar-refractivity contribution in [2.75, 3.05) is 13.2 Å². The van der Waals surface area contributed by atoms with Crippen LogP contribution in [0, 0.1) is 23.7 Å². The lowest BCUT2D eigenvalue weighted by Gasteiger charge is -1.90. The Labute approximate surface area is 83.0 Å². The Hall–Kier alpha value is -1.81. The first-order valence-corrected chi connectivity index (χ1v) is 4.11. The normalized spacial score (nSPS) is 8.14. The largest absolute Gasteiger partial charge is 0.384 e.